The third kappa shape index (κ3) is 3.97. The first-order chi connectivity index (χ1) is 9.46. The van der Waals surface area contributed by atoms with Crippen molar-refractivity contribution < 1.29 is 8.42 Å². The monoisotopic (exact) mass is 332 g/mol. The molecule has 0 amide bonds. The summed E-state index contributed by atoms with van der Waals surface area (Å²) in [5.74, 6) is 0.330. The minimum Gasteiger partial charge on any atom is -0.318 e. The molecular formula is C15H25ClN2O2S. The van der Waals surface area contributed by atoms with Crippen LogP contribution in [0.15, 0.2) is 29.2 Å². The van der Waals surface area contributed by atoms with Crippen molar-refractivity contribution in [1.29, 1.82) is 0 Å². The summed E-state index contributed by atoms with van der Waals surface area (Å²) in [6, 6.07) is 7.42. The Bertz CT molecular complexity index is 561. The van der Waals surface area contributed by atoms with Gasteiger partial charge in [-0.15, -0.1) is 12.4 Å². The lowest BCUT2D eigenvalue weighted by Gasteiger charge is -2.24. The van der Waals surface area contributed by atoms with Gasteiger partial charge in [0.2, 0.25) is 10.0 Å². The summed E-state index contributed by atoms with van der Waals surface area (Å²) in [6.07, 6.45) is 1.87. The average Bonchev–Trinajstić information content (AvgIpc) is 2.88. The summed E-state index contributed by atoms with van der Waals surface area (Å²) < 4.78 is 27.2. The van der Waals surface area contributed by atoms with E-state index in [4.69, 9.17) is 0 Å². The van der Waals surface area contributed by atoms with Gasteiger partial charge in [0, 0.05) is 19.1 Å². The number of likely N-dealkylation sites (N-methyl/N-ethyl adjacent to an activating group) is 1. The van der Waals surface area contributed by atoms with Crippen LogP contribution in [0.1, 0.15) is 38.2 Å². The van der Waals surface area contributed by atoms with Crippen molar-refractivity contribution in [2.75, 3.05) is 20.1 Å². The average molecular weight is 333 g/mol. The largest absolute Gasteiger partial charge is 0.318 e. The fourth-order valence-corrected chi connectivity index (χ4v) is 4.48. The number of halogens is 1. The van der Waals surface area contributed by atoms with E-state index < -0.39 is 10.0 Å². The van der Waals surface area contributed by atoms with Crippen molar-refractivity contribution in [3.63, 3.8) is 0 Å². The van der Waals surface area contributed by atoms with Gasteiger partial charge in [-0.2, -0.15) is 4.31 Å². The SMILES string of the molecule is CNCC1CCCN1S(=O)(=O)c1cccc(C(C)C)c1.Cl. The summed E-state index contributed by atoms with van der Waals surface area (Å²) in [5, 5.41) is 3.09. The van der Waals surface area contributed by atoms with Gasteiger partial charge in [0.05, 0.1) is 4.90 Å². The van der Waals surface area contributed by atoms with Gasteiger partial charge in [-0.05, 0) is 43.5 Å². The highest BCUT2D eigenvalue weighted by Crippen LogP contribution is 2.27. The van der Waals surface area contributed by atoms with Gasteiger partial charge in [-0.3, -0.25) is 0 Å². The third-order valence-corrected chi connectivity index (χ3v) is 5.84. The smallest absolute Gasteiger partial charge is 0.243 e. The lowest BCUT2D eigenvalue weighted by Crippen LogP contribution is -2.40. The molecular weight excluding hydrogens is 308 g/mol. The van der Waals surface area contributed by atoms with Crippen LogP contribution in [0.5, 0.6) is 0 Å². The molecule has 2 rings (SSSR count). The van der Waals surface area contributed by atoms with Gasteiger partial charge in [0.1, 0.15) is 0 Å². The highest BCUT2D eigenvalue weighted by molar-refractivity contribution is 7.89. The predicted molar refractivity (Wildman–Crippen MR) is 88.6 cm³/mol. The van der Waals surface area contributed by atoms with E-state index in [-0.39, 0.29) is 18.4 Å². The maximum absolute atomic E-state index is 12.8. The van der Waals surface area contributed by atoms with E-state index in [0.717, 1.165) is 18.4 Å². The summed E-state index contributed by atoms with van der Waals surface area (Å²) in [4.78, 5) is 0.423. The molecule has 0 bridgehead atoms. The highest BCUT2D eigenvalue weighted by atomic mass is 35.5. The van der Waals surface area contributed by atoms with Crippen LogP contribution in [0.25, 0.3) is 0 Å². The molecule has 1 heterocycles. The molecule has 1 N–H and O–H groups in total. The van der Waals surface area contributed by atoms with Gasteiger partial charge < -0.3 is 5.32 Å². The molecule has 1 aromatic carbocycles. The third-order valence-electron chi connectivity index (χ3n) is 3.89. The number of nitrogens with one attached hydrogen (secondary N) is 1. The van der Waals surface area contributed by atoms with Crippen LogP contribution in [0.3, 0.4) is 0 Å². The number of rotatable bonds is 5. The van der Waals surface area contributed by atoms with E-state index in [1.807, 2.05) is 25.2 Å². The molecule has 1 aliphatic rings. The molecule has 1 fully saturated rings. The first kappa shape index (κ1) is 18.4. The summed E-state index contributed by atoms with van der Waals surface area (Å²) in [6.45, 7) is 5.49. The number of hydrogen-bond donors (Lipinski definition) is 1. The maximum atomic E-state index is 12.8. The number of nitrogens with zero attached hydrogens (tertiary/aromatic N) is 1. The van der Waals surface area contributed by atoms with E-state index in [1.165, 1.54) is 0 Å². The topological polar surface area (TPSA) is 49.4 Å². The van der Waals surface area contributed by atoms with E-state index in [1.54, 1.807) is 10.4 Å². The zero-order chi connectivity index (χ0) is 14.8. The molecule has 0 aromatic heterocycles. The van der Waals surface area contributed by atoms with Gasteiger partial charge in [-0.25, -0.2) is 8.42 Å². The van der Waals surface area contributed by atoms with Crippen LogP contribution in [0, 0.1) is 0 Å². The Morgan fingerprint density at radius 3 is 2.71 bits per heavy atom. The van der Waals surface area contributed by atoms with E-state index in [9.17, 15) is 8.42 Å². The Balaban J connectivity index is 0.00000220. The minimum atomic E-state index is -3.37. The normalized spacial score (nSPS) is 19.7. The maximum Gasteiger partial charge on any atom is 0.243 e. The van der Waals surface area contributed by atoms with Gasteiger partial charge in [-0.1, -0.05) is 26.0 Å². The number of sulfonamides is 1. The lowest BCUT2D eigenvalue weighted by atomic mass is 10.0. The predicted octanol–water partition coefficient (Wildman–Crippen LogP) is 2.60. The van der Waals surface area contributed by atoms with E-state index in [0.29, 0.717) is 23.9 Å². The van der Waals surface area contributed by atoms with Crippen molar-refractivity contribution in [1.82, 2.24) is 9.62 Å². The zero-order valence-corrected chi connectivity index (χ0v) is 14.5. The summed E-state index contributed by atoms with van der Waals surface area (Å²) in [5.41, 5.74) is 1.07. The zero-order valence-electron chi connectivity index (χ0n) is 12.9. The molecule has 1 atom stereocenters. The fraction of sp³-hybridized carbons (Fsp3) is 0.600. The van der Waals surface area contributed by atoms with Crippen LogP contribution >= 0.6 is 12.4 Å². The number of benzene rings is 1. The lowest BCUT2D eigenvalue weighted by molar-refractivity contribution is 0.379. The first-order valence-corrected chi connectivity index (χ1v) is 8.67. The van der Waals surface area contributed by atoms with Crippen molar-refractivity contribution in [3.8, 4) is 0 Å². The molecule has 21 heavy (non-hydrogen) atoms. The molecule has 4 nitrogen and oxygen atoms in total. The standard InChI is InChI=1S/C15H24N2O2S.ClH/c1-12(2)13-6-4-8-15(10-13)20(18,19)17-9-5-7-14(17)11-16-3;/h4,6,8,10,12,14,16H,5,7,9,11H2,1-3H3;1H. The second kappa shape index (κ2) is 7.58. The molecule has 1 aliphatic heterocycles. The molecule has 0 radical (unpaired) electrons. The van der Waals surface area contributed by atoms with Crippen molar-refractivity contribution in [2.24, 2.45) is 0 Å². The minimum absolute atomic E-state index is 0. The van der Waals surface area contributed by atoms with Crippen LogP contribution < -0.4 is 5.32 Å². The number of hydrogen-bond acceptors (Lipinski definition) is 3. The molecule has 0 saturated carbocycles. The first-order valence-electron chi connectivity index (χ1n) is 7.23. The summed E-state index contributed by atoms with van der Waals surface area (Å²) in [7, 11) is -1.51. The van der Waals surface area contributed by atoms with Crippen molar-refractivity contribution in [3.05, 3.63) is 29.8 Å². The van der Waals surface area contributed by atoms with Crippen LogP contribution in [0.4, 0.5) is 0 Å². The Morgan fingerprint density at radius 1 is 1.38 bits per heavy atom. The molecule has 6 heteroatoms. The van der Waals surface area contributed by atoms with E-state index in [2.05, 4.69) is 19.2 Å². The highest BCUT2D eigenvalue weighted by Gasteiger charge is 2.34. The van der Waals surface area contributed by atoms with Crippen molar-refractivity contribution in [2.45, 2.75) is 43.5 Å². The quantitative estimate of drug-likeness (QED) is 0.901. The second-order valence-electron chi connectivity index (χ2n) is 5.70. The Labute approximate surface area is 134 Å². The second-order valence-corrected chi connectivity index (χ2v) is 7.59. The molecule has 1 aromatic rings. The Hall–Kier alpha value is -0.620. The molecule has 1 saturated heterocycles. The van der Waals surface area contributed by atoms with E-state index >= 15 is 0 Å². The molecule has 120 valence electrons. The van der Waals surface area contributed by atoms with Crippen LogP contribution in [-0.4, -0.2) is 38.9 Å². The Kier molecular flexibility index (Phi) is 6.66. The Morgan fingerprint density at radius 2 is 2.10 bits per heavy atom. The van der Waals surface area contributed by atoms with Gasteiger partial charge in [0.15, 0.2) is 0 Å². The van der Waals surface area contributed by atoms with Crippen LogP contribution in [-0.2, 0) is 10.0 Å². The van der Waals surface area contributed by atoms with Crippen molar-refractivity contribution >= 4 is 22.4 Å². The van der Waals surface area contributed by atoms with Crippen LogP contribution in [0.2, 0.25) is 0 Å². The molecule has 0 aliphatic carbocycles. The summed E-state index contributed by atoms with van der Waals surface area (Å²) >= 11 is 0. The van der Waals surface area contributed by atoms with Gasteiger partial charge in [0.25, 0.3) is 0 Å². The molecule has 1 unspecified atom stereocenters. The fourth-order valence-electron chi connectivity index (χ4n) is 2.73. The van der Waals surface area contributed by atoms with Gasteiger partial charge >= 0.3 is 0 Å². The molecule has 0 spiro atoms.